The van der Waals surface area contributed by atoms with Gasteiger partial charge in [0.05, 0.1) is 51.3 Å². The third kappa shape index (κ3) is 36.1. The Labute approximate surface area is 108 Å². The summed E-state index contributed by atoms with van der Waals surface area (Å²) in [4.78, 5) is 0. The summed E-state index contributed by atoms with van der Waals surface area (Å²) in [5.41, 5.74) is 0. The zero-order chi connectivity index (χ0) is 15.0. The van der Waals surface area contributed by atoms with Crippen LogP contribution in [0.5, 0.6) is 0 Å². The summed E-state index contributed by atoms with van der Waals surface area (Å²) in [6.07, 6.45) is -1.17. The second-order valence-corrected chi connectivity index (χ2v) is 3.65. The van der Waals surface area contributed by atoms with Gasteiger partial charge in [-0.25, -0.2) is 0 Å². The van der Waals surface area contributed by atoms with Gasteiger partial charge in [-0.3, -0.25) is 0 Å². The maximum absolute atomic E-state index is 8.69. The van der Waals surface area contributed by atoms with Crippen molar-refractivity contribution in [2.45, 2.75) is 39.1 Å². The van der Waals surface area contributed by atoms with Gasteiger partial charge in [0.25, 0.3) is 0 Å². The molecule has 3 atom stereocenters. The highest BCUT2D eigenvalue weighted by atomic mass is 16.5. The molecule has 0 spiro atoms. The Morgan fingerprint density at radius 3 is 1.33 bits per heavy atom. The molecule has 7 nitrogen and oxygen atoms in total. The molecule has 0 heterocycles. The van der Waals surface area contributed by atoms with Gasteiger partial charge in [0.2, 0.25) is 0 Å². The molecule has 0 radical (unpaired) electrons. The molecule has 0 bridgehead atoms. The van der Waals surface area contributed by atoms with Crippen LogP contribution in [0.3, 0.4) is 0 Å². The van der Waals surface area contributed by atoms with Crippen molar-refractivity contribution in [2.75, 3.05) is 33.0 Å². The van der Waals surface area contributed by atoms with Crippen LogP contribution in [0, 0.1) is 0 Å². The molecule has 0 aromatic carbocycles. The van der Waals surface area contributed by atoms with Gasteiger partial charge in [0, 0.05) is 0 Å². The number of aliphatic hydroxyl groups excluding tert-OH is 6. The van der Waals surface area contributed by atoms with Crippen LogP contribution >= 0.6 is 0 Å². The quantitative estimate of drug-likeness (QED) is 0.333. The normalized spacial score (nSPS) is 14.5. The first-order valence-corrected chi connectivity index (χ1v) is 5.76. The van der Waals surface area contributed by atoms with E-state index in [9.17, 15) is 0 Å². The van der Waals surface area contributed by atoms with E-state index in [2.05, 4.69) is 0 Å². The predicted octanol–water partition coefficient (Wildman–Crippen LogP) is -1.90. The highest BCUT2D eigenvalue weighted by Crippen LogP contribution is 1.90. The second kappa shape index (κ2) is 19.1. The molecule has 114 valence electrons. The van der Waals surface area contributed by atoms with Crippen LogP contribution in [-0.4, -0.2) is 82.0 Å². The lowest BCUT2D eigenvalue weighted by molar-refractivity contribution is -0.0177. The third-order valence-electron chi connectivity index (χ3n) is 1.24. The fraction of sp³-hybridized carbons (Fsp3) is 1.00. The molecule has 0 aliphatic heterocycles. The van der Waals surface area contributed by atoms with Gasteiger partial charge >= 0.3 is 0 Å². The minimum absolute atomic E-state index is 0.00667. The minimum Gasteiger partial charge on any atom is -0.394 e. The zero-order valence-corrected chi connectivity index (χ0v) is 11.4. The average molecular weight is 272 g/mol. The fourth-order valence-corrected chi connectivity index (χ4v) is 0.356. The number of hydrogen-bond donors (Lipinski definition) is 6. The zero-order valence-electron chi connectivity index (χ0n) is 11.4. The molecule has 0 amide bonds. The summed E-state index contributed by atoms with van der Waals surface area (Å²) in [7, 11) is 0. The summed E-state index contributed by atoms with van der Waals surface area (Å²) in [6.45, 7) is 4.83. The molecule has 0 saturated carbocycles. The molecular formula is C11H28O7. The molecule has 3 unspecified atom stereocenters. The van der Waals surface area contributed by atoms with Crippen molar-refractivity contribution in [2.24, 2.45) is 0 Å². The van der Waals surface area contributed by atoms with Gasteiger partial charge in [-0.15, -0.1) is 0 Å². The first-order valence-electron chi connectivity index (χ1n) is 5.76. The SMILES string of the molecule is CC(O)CO.CC(O)COC(C)CO.OCCO. The van der Waals surface area contributed by atoms with Gasteiger partial charge in [-0.05, 0) is 20.8 Å². The van der Waals surface area contributed by atoms with E-state index in [1.165, 1.54) is 6.92 Å². The van der Waals surface area contributed by atoms with E-state index < -0.39 is 12.2 Å². The standard InChI is InChI=1S/C6H14O3.C3H8O2.C2H6O2/c1-5(8)4-9-6(2)3-7;1-3(5)2-4;3-1-2-4/h5-8H,3-4H2,1-2H3;3-5H,2H2,1H3;3-4H,1-2H2. The molecule has 0 aromatic heterocycles. The Kier molecular flexibility index (Phi) is 24.2. The van der Waals surface area contributed by atoms with E-state index in [1.54, 1.807) is 13.8 Å². The van der Waals surface area contributed by atoms with Crippen molar-refractivity contribution in [1.29, 1.82) is 0 Å². The Bertz CT molecular complexity index is 129. The molecule has 0 saturated heterocycles. The number of aliphatic hydroxyl groups is 6. The van der Waals surface area contributed by atoms with Crippen LogP contribution in [0.25, 0.3) is 0 Å². The monoisotopic (exact) mass is 272 g/mol. The Morgan fingerprint density at radius 1 is 0.778 bits per heavy atom. The van der Waals surface area contributed by atoms with Crippen LogP contribution in [-0.2, 0) is 4.74 Å². The second-order valence-electron chi connectivity index (χ2n) is 3.65. The molecule has 0 aliphatic rings. The molecule has 18 heavy (non-hydrogen) atoms. The maximum atomic E-state index is 8.69. The van der Waals surface area contributed by atoms with Gasteiger partial charge in [0.15, 0.2) is 0 Å². The Morgan fingerprint density at radius 2 is 1.17 bits per heavy atom. The lowest BCUT2D eigenvalue weighted by atomic mass is 10.4. The van der Waals surface area contributed by atoms with Crippen LogP contribution < -0.4 is 0 Å². The van der Waals surface area contributed by atoms with Gasteiger partial charge < -0.3 is 35.4 Å². The number of ether oxygens (including phenoxy) is 1. The largest absolute Gasteiger partial charge is 0.394 e. The van der Waals surface area contributed by atoms with Crippen LogP contribution in [0.2, 0.25) is 0 Å². The smallest absolute Gasteiger partial charge is 0.0779 e. The molecule has 0 fully saturated rings. The van der Waals surface area contributed by atoms with Crippen LogP contribution in [0.15, 0.2) is 0 Å². The fourth-order valence-electron chi connectivity index (χ4n) is 0.356. The van der Waals surface area contributed by atoms with Crippen molar-refractivity contribution < 1.29 is 35.4 Å². The Hall–Kier alpha value is -0.280. The molecule has 0 aliphatic carbocycles. The van der Waals surface area contributed by atoms with Gasteiger partial charge in [0.1, 0.15) is 0 Å². The molecule has 0 aromatic rings. The van der Waals surface area contributed by atoms with E-state index in [0.29, 0.717) is 6.61 Å². The Balaban J connectivity index is -0.000000212. The topological polar surface area (TPSA) is 131 Å². The van der Waals surface area contributed by atoms with Crippen LogP contribution in [0.1, 0.15) is 20.8 Å². The summed E-state index contributed by atoms with van der Waals surface area (Å²) in [5, 5.41) is 48.4. The first-order chi connectivity index (χ1) is 8.35. The number of rotatable bonds is 6. The third-order valence-corrected chi connectivity index (χ3v) is 1.24. The summed E-state index contributed by atoms with van der Waals surface area (Å²) >= 11 is 0. The van der Waals surface area contributed by atoms with Crippen molar-refractivity contribution in [3.05, 3.63) is 0 Å². The van der Waals surface area contributed by atoms with Crippen molar-refractivity contribution in [3.8, 4) is 0 Å². The van der Waals surface area contributed by atoms with Gasteiger partial charge in [-0.1, -0.05) is 0 Å². The number of hydrogen-bond acceptors (Lipinski definition) is 7. The summed E-state index contributed by atoms with van der Waals surface area (Å²) in [6, 6.07) is 0. The summed E-state index contributed by atoms with van der Waals surface area (Å²) < 4.78 is 4.95. The highest BCUT2D eigenvalue weighted by molar-refractivity contribution is 4.47. The summed E-state index contributed by atoms with van der Waals surface area (Å²) in [5.74, 6) is 0. The van der Waals surface area contributed by atoms with Crippen molar-refractivity contribution in [3.63, 3.8) is 0 Å². The van der Waals surface area contributed by atoms with Gasteiger partial charge in [-0.2, -0.15) is 0 Å². The molecular weight excluding hydrogens is 244 g/mol. The minimum atomic E-state index is -0.560. The van der Waals surface area contributed by atoms with Crippen molar-refractivity contribution >= 4 is 0 Å². The lowest BCUT2D eigenvalue weighted by Crippen LogP contribution is -2.19. The highest BCUT2D eigenvalue weighted by Gasteiger charge is 2.00. The molecule has 7 heteroatoms. The molecule has 0 rings (SSSR count). The maximum Gasteiger partial charge on any atom is 0.0779 e. The van der Waals surface area contributed by atoms with E-state index in [4.69, 9.17) is 35.4 Å². The van der Waals surface area contributed by atoms with Crippen LogP contribution in [0.4, 0.5) is 0 Å². The average Bonchev–Trinajstić information content (AvgIpc) is 2.36. The van der Waals surface area contributed by atoms with E-state index in [1.807, 2.05) is 0 Å². The van der Waals surface area contributed by atoms with E-state index >= 15 is 0 Å². The molecule has 6 N–H and O–H groups in total. The lowest BCUT2D eigenvalue weighted by Gasteiger charge is -2.10. The predicted molar refractivity (Wildman–Crippen MR) is 67.1 cm³/mol. The van der Waals surface area contributed by atoms with E-state index in [0.717, 1.165) is 0 Å². The first kappa shape index (κ1) is 22.9. The van der Waals surface area contributed by atoms with Crippen molar-refractivity contribution in [1.82, 2.24) is 0 Å². The van der Waals surface area contributed by atoms with E-state index in [-0.39, 0.29) is 32.5 Å².